The van der Waals surface area contributed by atoms with Crippen molar-refractivity contribution >= 4 is 0 Å². The maximum Gasteiger partial charge on any atom is 0.191 e. The predicted octanol–water partition coefficient (Wildman–Crippen LogP) is 1.59. The molecule has 0 fully saturated rings. The van der Waals surface area contributed by atoms with E-state index in [0.717, 1.165) is 12.2 Å². The minimum Gasteiger partial charge on any atom is -0.468 e. The van der Waals surface area contributed by atoms with Crippen molar-refractivity contribution in [2.45, 2.75) is 32.4 Å². The molecule has 6 nitrogen and oxygen atoms in total. The van der Waals surface area contributed by atoms with Crippen LogP contribution in [0.5, 0.6) is 0 Å². The van der Waals surface area contributed by atoms with Gasteiger partial charge in [-0.2, -0.15) is 5.21 Å². The Hall–Kier alpha value is -1.69. The average molecular weight is 221 g/mol. The number of hydrogen-bond acceptors (Lipinski definition) is 5. The van der Waals surface area contributed by atoms with Gasteiger partial charge in [-0.1, -0.05) is 12.1 Å². The van der Waals surface area contributed by atoms with Gasteiger partial charge in [0.2, 0.25) is 0 Å². The van der Waals surface area contributed by atoms with Crippen molar-refractivity contribution in [1.29, 1.82) is 0 Å². The average Bonchev–Trinajstić information content (AvgIpc) is 2.96. The number of tetrazole rings is 1. The Kier molecular flexibility index (Phi) is 3.31. The van der Waals surface area contributed by atoms with Gasteiger partial charge in [-0.3, -0.25) is 5.32 Å². The van der Waals surface area contributed by atoms with Gasteiger partial charge in [0.1, 0.15) is 5.76 Å². The fraction of sp³-hybridized carbons (Fsp3) is 0.500. The maximum absolute atomic E-state index is 5.38. The maximum atomic E-state index is 5.38. The monoisotopic (exact) mass is 221 g/mol. The lowest BCUT2D eigenvalue weighted by Gasteiger charge is -2.18. The van der Waals surface area contributed by atoms with Gasteiger partial charge < -0.3 is 4.42 Å². The molecule has 2 unspecified atom stereocenters. The fourth-order valence-electron chi connectivity index (χ4n) is 1.62. The van der Waals surface area contributed by atoms with Crippen LogP contribution < -0.4 is 5.32 Å². The first-order chi connectivity index (χ1) is 7.81. The van der Waals surface area contributed by atoms with E-state index in [4.69, 9.17) is 4.42 Å². The van der Waals surface area contributed by atoms with Crippen molar-refractivity contribution in [1.82, 2.24) is 25.9 Å². The summed E-state index contributed by atoms with van der Waals surface area (Å²) in [6, 6.07) is 4.06. The molecule has 86 valence electrons. The van der Waals surface area contributed by atoms with Gasteiger partial charge in [-0.15, -0.1) is 10.2 Å². The van der Waals surface area contributed by atoms with E-state index in [-0.39, 0.29) is 12.1 Å². The summed E-state index contributed by atoms with van der Waals surface area (Å²) in [5.74, 6) is 1.59. The second kappa shape index (κ2) is 4.89. The summed E-state index contributed by atoms with van der Waals surface area (Å²) in [4.78, 5) is 0. The number of hydrogen-bond donors (Lipinski definition) is 2. The molecule has 0 aliphatic rings. The number of aromatic amines is 1. The highest BCUT2D eigenvalue weighted by Gasteiger charge is 2.18. The van der Waals surface area contributed by atoms with E-state index in [1.54, 1.807) is 6.26 Å². The minimum absolute atomic E-state index is 0.0359. The number of nitrogens with zero attached hydrogens (tertiary/aromatic N) is 3. The highest BCUT2D eigenvalue weighted by atomic mass is 16.3. The van der Waals surface area contributed by atoms with Gasteiger partial charge in [-0.25, -0.2) is 0 Å². The third kappa shape index (κ3) is 2.27. The molecular formula is C10H15N5O. The number of aromatic nitrogens is 4. The summed E-state index contributed by atoms with van der Waals surface area (Å²) in [6.45, 7) is 4.10. The molecule has 0 saturated heterocycles. The van der Waals surface area contributed by atoms with Crippen LogP contribution in [-0.4, -0.2) is 20.6 Å². The zero-order valence-electron chi connectivity index (χ0n) is 9.34. The third-order valence-electron chi connectivity index (χ3n) is 2.50. The zero-order chi connectivity index (χ0) is 11.4. The highest BCUT2D eigenvalue weighted by molar-refractivity contribution is 5.05. The van der Waals surface area contributed by atoms with Crippen LogP contribution in [0.3, 0.4) is 0 Å². The Morgan fingerprint density at radius 2 is 2.44 bits per heavy atom. The molecule has 2 atom stereocenters. The summed E-state index contributed by atoms with van der Waals surface area (Å²) in [5.41, 5.74) is 0. The number of H-pyrrole nitrogens is 1. The zero-order valence-corrected chi connectivity index (χ0v) is 9.34. The lowest BCUT2D eigenvalue weighted by Crippen LogP contribution is -2.24. The third-order valence-corrected chi connectivity index (χ3v) is 2.50. The lowest BCUT2D eigenvalue weighted by molar-refractivity contribution is 0.370. The van der Waals surface area contributed by atoms with Gasteiger partial charge in [0.05, 0.1) is 18.3 Å². The fourth-order valence-corrected chi connectivity index (χ4v) is 1.62. The van der Waals surface area contributed by atoms with Crippen LogP contribution in [0.15, 0.2) is 22.8 Å². The van der Waals surface area contributed by atoms with E-state index in [1.165, 1.54) is 0 Å². The summed E-state index contributed by atoms with van der Waals surface area (Å²) < 4.78 is 5.38. The SMILES string of the molecule is CCC(NC(C)c1nn[nH]n1)c1ccco1. The van der Waals surface area contributed by atoms with Crippen LogP contribution in [0.4, 0.5) is 0 Å². The standard InChI is InChI=1S/C10H15N5O/c1-3-8(9-5-4-6-16-9)11-7(2)10-12-14-15-13-10/h4-8,11H,3H2,1-2H3,(H,12,13,14,15). The normalized spacial score (nSPS) is 14.9. The number of rotatable bonds is 5. The van der Waals surface area contributed by atoms with Crippen molar-refractivity contribution in [3.8, 4) is 0 Å². The molecule has 2 aromatic rings. The molecule has 0 radical (unpaired) electrons. The van der Waals surface area contributed by atoms with E-state index in [1.807, 2.05) is 19.1 Å². The molecule has 2 rings (SSSR count). The molecule has 16 heavy (non-hydrogen) atoms. The van der Waals surface area contributed by atoms with Crippen LogP contribution in [0.25, 0.3) is 0 Å². The van der Waals surface area contributed by atoms with E-state index in [9.17, 15) is 0 Å². The summed E-state index contributed by atoms with van der Waals surface area (Å²) >= 11 is 0. The Balaban J connectivity index is 2.02. The smallest absolute Gasteiger partial charge is 0.191 e. The van der Waals surface area contributed by atoms with Crippen LogP contribution in [-0.2, 0) is 0 Å². The molecule has 0 saturated carbocycles. The molecule has 0 bridgehead atoms. The molecule has 2 N–H and O–H groups in total. The van der Waals surface area contributed by atoms with Crippen LogP contribution in [0.2, 0.25) is 0 Å². The van der Waals surface area contributed by atoms with Crippen molar-refractivity contribution in [3.63, 3.8) is 0 Å². The second-order valence-corrected chi connectivity index (χ2v) is 3.63. The predicted molar refractivity (Wildman–Crippen MR) is 57.5 cm³/mol. The molecule has 0 aliphatic carbocycles. The molecule has 2 aromatic heterocycles. The largest absolute Gasteiger partial charge is 0.468 e. The lowest BCUT2D eigenvalue weighted by atomic mass is 10.1. The Bertz CT molecular complexity index is 397. The highest BCUT2D eigenvalue weighted by Crippen LogP contribution is 2.20. The summed E-state index contributed by atoms with van der Waals surface area (Å²) in [6.07, 6.45) is 2.62. The molecule has 0 spiro atoms. The van der Waals surface area contributed by atoms with E-state index in [0.29, 0.717) is 5.82 Å². The molecule has 6 heteroatoms. The molecule has 0 aliphatic heterocycles. The van der Waals surface area contributed by atoms with Crippen molar-refractivity contribution in [2.75, 3.05) is 0 Å². The van der Waals surface area contributed by atoms with Gasteiger partial charge >= 0.3 is 0 Å². The Morgan fingerprint density at radius 1 is 1.56 bits per heavy atom. The van der Waals surface area contributed by atoms with Crippen LogP contribution >= 0.6 is 0 Å². The van der Waals surface area contributed by atoms with Crippen LogP contribution in [0.1, 0.15) is 43.9 Å². The van der Waals surface area contributed by atoms with E-state index in [2.05, 4.69) is 32.9 Å². The molecule has 0 aromatic carbocycles. The molecule has 2 heterocycles. The summed E-state index contributed by atoms with van der Waals surface area (Å²) in [5, 5.41) is 17.3. The summed E-state index contributed by atoms with van der Waals surface area (Å²) in [7, 11) is 0. The Morgan fingerprint density at radius 3 is 3.00 bits per heavy atom. The molecule has 0 amide bonds. The topological polar surface area (TPSA) is 79.6 Å². The quantitative estimate of drug-likeness (QED) is 0.801. The second-order valence-electron chi connectivity index (χ2n) is 3.63. The van der Waals surface area contributed by atoms with E-state index < -0.39 is 0 Å². The van der Waals surface area contributed by atoms with Crippen molar-refractivity contribution < 1.29 is 4.42 Å². The van der Waals surface area contributed by atoms with Gasteiger partial charge in [-0.05, 0) is 25.5 Å². The first-order valence-corrected chi connectivity index (χ1v) is 5.34. The van der Waals surface area contributed by atoms with Crippen LogP contribution in [0, 0.1) is 0 Å². The van der Waals surface area contributed by atoms with E-state index >= 15 is 0 Å². The van der Waals surface area contributed by atoms with Gasteiger partial charge in [0, 0.05) is 0 Å². The first-order valence-electron chi connectivity index (χ1n) is 5.34. The van der Waals surface area contributed by atoms with Gasteiger partial charge in [0.15, 0.2) is 5.82 Å². The number of furan rings is 1. The van der Waals surface area contributed by atoms with Gasteiger partial charge in [0.25, 0.3) is 0 Å². The molecular weight excluding hydrogens is 206 g/mol. The first kappa shape index (κ1) is 10.8. The number of nitrogens with one attached hydrogen (secondary N) is 2. The van der Waals surface area contributed by atoms with Crippen molar-refractivity contribution in [3.05, 3.63) is 30.0 Å². The van der Waals surface area contributed by atoms with Crippen molar-refractivity contribution in [2.24, 2.45) is 0 Å². The minimum atomic E-state index is 0.0359. The Labute approximate surface area is 93.4 Å².